The Morgan fingerprint density at radius 3 is 2.70 bits per heavy atom. The normalized spacial score (nSPS) is 10.2. The smallest absolute Gasteiger partial charge is 0.256 e. The topological polar surface area (TPSA) is 54.0 Å². The van der Waals surface area contributed by atoms with E-state index in [1.54, 1.807) is 18.3 Å². The zero-order valence-corrected chi connectivity index (χ0v) is 13.0. The lowest BCUT2D eigenvalue weighted by atomic mass is 10.1. The number of nitrogens with one attached hydrogen (secondary N) is 2. The molecule has 104 valence electrons. The second-order valence-corrected chi connectivity index (χ2v) is 5.29. The summed E-state index contributed by atoms with van der Waals surface area (Å²) in [7, 11) is 0. The molecule has 5 heteroatoms. The largest absolute Gasteiger partial charge is 0.385 e. The lowest BCUT2D eigenvalue weighted by Gasteiger charge is -2.10. The first-order valence-corrected chi connectivity index (χ1v) is 7.17. The summed E-state index contributed by atoms with van der Waals surface area (Å²) in [5.41, 5.74) is 2.71. The Bertz CT molecular complexity index is 611. The summed E-state index contributed by atoms with van der Waals surface area (Å²) >= 11 is 3.31. The van der Waals surface area contributed by atoms with Crippen molar-refractivity contribution in [1.29, 1.82) is 0 Å². The molecule has 0 saturated carbocycles. The third kappa shape index (κ3) is 3.57. The van der Waals surface area contributed by atoms with Gasteiger partial charge in [-0.15, -0.1) is 0 Å². The fourth-order valence-electron chi connectivity index (χ4n) is 1.83. The van der Waals surface area contributed by atoms with E-state index in [-0.39, 0.29) is 5.91 Å². The van der Waals surface area contributed by atoms with Gasteiger partial charge in [0.05, 0.1) is 0 Å². The van der Waals surface area contributed by atoms with E-state index in [0.717, 1.165) is 22.3 Å². The molecule has 0 bridgehead atoms. The number of nitrogens with zero attached hydrogens (tertiary/aromatic N) is 1. The van der Waals surface area contributed by atoms with Crippen LogP contribution < -0.4 is 10.6 Å². The summed E-state index contributed by atoms with van der Waals surface area (Å²) in [6, 6.07) is 9.18. The van der Waals surface area contributed by atoms with E-state index in [9.17, 15) is 4.79 Å². The van der Waals surface area contributed by atoms with E-state index in [1.165, 1.54) is 0 Å². The minimum atomic E-state index is -0.161. The van der Waals surface area contributed by atoms with Crippen molar-refractivity contribution in [3.8, 4) is 0 Å². The van der Waals surface area contributed by atoms with Gasteiger partial charge in [0, 0.05) is 28.5 Å². The maximum atomic E-state index is 12.1. The maximum Gasteiger partial charge on any atom is 0.256 e. The number of hydrogen-bond donors (Lipinski definition) is 2. The first-order valence-electron chi connectivity index (χ1n) is 6.37. The average molecular weight is 334 g/mol. The first-order chi connectivity index (χ1) is 9.60. The molecule has 0 spiro atoms. The zero-order chi connectivity index (χ0) is 14.5. The van der Waals surface area contributed by atoms with Crippen LogP contribution in [0, 0.1) is 6.92 Å². The van der Waals surface area contributed by atoms with Crippen LogP contribution in [0.3, 0.4) is 0 Å². The Labute approximate surface area is 126 Å². The second-order valence-electron chi connectivity index (χ2n) is 4.38. The Morgan fingerprint density at radius 2 is 2.10 bits per heavy atom. The van der Waals surface area contributed by atoms with Crippen molar-refractivity contribution in [2.45, 2.75) is 13.8 Å². The Balaban J connectivity index is 2.13. The number of pyridine rings is 1. The first kappa shape index (κ1) is 14.5. The van der Waals surface area contributed by atoms with Crippen molar-refractivity contribution in [1.82, 2.24) is 4.98 Å². The fourth-order valence-corrected chi connectivity index (χ4v) is 2.07. The summed E-state index contributed by atoms with van der Waals surface area (Å²) in [6.45, 7) is 4.88. The van der Waals surface area contributed by atoms with Crippen LogP contribution in [0.1, 0.15) is 22.8 Å². The van der Waals surface area contributed by atoms with Crippen LogP contribution in [0.25, 0.3) is 0 Å². The van der Waals surface area contributed by atoms with Crippen molar-refractivity contribution < 1.29 is 4.79 Å². The summed E-state index contributed by atoms with van der Waals surface area (Å²) in [5.74, 6) is 0.373. The predicted octanol–water partition coefficient (Wildman–Crippen LogP) is 3.84. The van der Waals surface area contributed by atoms with Gasteiger partial charge in [-0.25, -0.2) is 4.98 Å². The highest BCUT2D eigenvalue weighted by Gasteiger charge is 2.08. The molecular formula is C15H16BrN3O. The Hall–Kier alpha value is -1.88. The van der Waals surface area contributed by atoms with E-state index in [0.29, 0.717) is 11.4 Å². The summed E-state index contributed by atoms with van der Waals surface area (Å²) in [6.07, 6.45) is 1.65. The van der Waals surface area contributed by atoms with Crippen molar-refractivity contribution in [2.24, 2.45) is 0 Å². The SMILES string of the molecule is CCNc1ccc(C(=O)Nc2ccc(Br)cn2)cc1C. The number of hydrogen-bond acceptors (Lipinski definition) is 3. The molecule has 0 atom stereocenters. The number of rotatable bonds is 4. The number of carbonyl (C=O) groups excluding carboxylic acids is 1. The molecule has 0 radical (unpaired) electrons. The number of anilines is 2. The number of carbonyl (C=O) groups is 1. The van der Waals surface area contributed by atoms with Gasteiger partial charge in [-0.2, -0.15) is 0 Å². The van der Waals surface area contributed by atoms with Crippen molar-refractivity contribution in [3.05, 3.63) is 52.1 Å². The average Bonchev–Trinajstić information content (AvgIpc) is 2.44. The molecular weight excluding hydrogens is 318 g/mol. The molecule has 4 nitrogen and oxygen atoms in total. The van der Waals surface area contributed by atoms with Crippen molar-refractivity contribution in [3.63, 3.8) is 0 Å². The third-order valence-corrected chi connectivity index (χ3v) is 3.29. The number of amides is 1. The fraction of sp³-hybridized carbons (Fsp3) is 0.200. The molecule has 2 rings (SSSR count). The van der Waals surface area contributed by atoms with Crippen LogP contribution in [0.5, 0.6) is 0 Å². The highest BCUT2D eigenvalue weighted by atomic mass is 79.9. The summed E-state index contributed by atoms with van der Waals surface area (Å²) < 4.78 is 0.876. The van der Waals surface area contributed by atoms with Gasteiger partial charge in [-0.1, -0.05) is 0 Å². The number of aromatic nitrogens is 1. The standard InChI is InChI=1S/C15H16BrN3O/c1-3-17-13-6-4-11(8-10(13)2)15(20)19-14-7-5-12(16)9-18-14/h4-9,17H,3H2,1-2H3,(H,18,19,20). The quantitative estimate of drug-likeness (QED) is 0.893. The van der Waals surface area contributed by atoms with E-state index < -0.39 is 0 Å². The van der Waals surface area contributed by atoms with Gasteiger partial charge >= 0.3 is 0 Å². The van der Waals surface area contributed by atoms with E-state index >= 15 is 0 Å². The van der Waals surface area contributed by atoms with E-state index in [4.69, 9.17) is 0 Å². The minimum absolute atomic E-state index is 0.161. The van der Waals surface area contributed by atoms with Gasteiger partial charge in [0.2, 0.25) is 0 Å². The van der Waals surface area contributed by atoms with Crippen molar-refractivity contribution in [2.75, 3.05) is 17.2 Å². The van der Waals surface area contributed by atoms with Crippen LogP contribution in [0.2, 0.25) is 0 Å². The van der Waals surface area contributed by atoms with Gasteiger partial charge in [0.1, 0.15) is 5.82 Å². The number of benzene rings is 1. The van der Waals surface area contributed by atoms with Crippen LogP contribution >= 0.6 is 15.9 Å². The zero-order valence-electron chi connectivity index (χ0n) is 11.4. The molecule has 20 heavy (non-hydrogen) atoms. The van der Waals surface area contributed by atoms with Crippen LogP contribution in [0.15, 0.2) is 41.0 Å². The lowest BCUT2D eigenvalue weighted by Crippen LogP contribution is -2.13. The molecule has 2 aromatic rings. The highest BCUT2D eigenvalue weighted by Crippen LogP contribution is 2.17. The van der Waals surface area contributed by atoms with Gasteiger partial charge in [-0.3, -0.25) is 4.79 Å². The molecule has 1 amide bonds. The monoisotopic (exact) mass is 333 g/mol. The van der Waals surface area contributed by atoms with Gasteiger partial charge in [-0.05, 0) is 65.7 Å². The molecule has 0 aliphatic heterocycles. The lowest BCUT2D eigenvalue weighted by molar-refractivity contribution is 0.102. The van der Waals surface area contributed by atoms with Gasteiger partial charge < -0.3 is 10.6 Å². The van der Waals surface area contributed by atoms with Crippen LogP contribution in [-0.4, -0.2) is 17.4 Å². The van der Waals surface area contributed by atoms with Gasteiger partial charge in [0.25, 0.3) is 5.91 Å². The maximum absolute atomic E-state index is 12.1. The van der Waals surface area contributed by atoms with Crippen LogP contribution in [-0.2, 0) is 0 Å². The highest BCUT2D eigenvalue weighted by molar-refractivity contribution is 9.10. The minimum Gasteiger partial charge on any atom is -0.385 e. The predicted molar refractivity (Wildman–Crippen MR) is 85.2 cm³/mol. The molecule has 0 aliphatic rings. The van der Waals surface area contributed by atoms with E-state index in [1.807, 2.05) is 32.0 Å². The van der Waals surface area contributed by atoms with Gasteiger partial charge in [0.15, 0.2) is 0 Å². The summed E-state index contributed by atoms with van der Waals surface area (Å²) in [4.78, 5) is 16.3. The van der Waals surface area contributed by atoms with Crippen LogP contribution in [0.4, 0.5) is 11.5 Å². The Morgan fingerprint density at radius 1 is 1.30 bits per heavy atom. The Kier molecular flexibility index (Phi) is 4.74. The van der Waals surface area contributed by atoms with E-state index in [2.05, 4.69) is 31.5 Å². The number of aryl methyl sites for hydroxylation is 1. The molecule has 0 saturated heterocycles. The second kappa shape index (κ2) is 6.52. The molecule has 1 aromatic heterocycles. The molecule has 1 heterocycles. The molecule has 0 fully saturated rings. The summed E-state index contributed by atoms with van der Waals surface area (Å²) in [5, 5.41) is 6.02. The molecule has 1 aromatic carbocycles. The number of halogens is 1. The molecule has 2 N–H and O–H groups in total. The molecule has 0 aliphatic carbocycles. The third-order valence-electron chi connectivity index (χ3n) is 2.82. The van der Waals surface area contributed by atoms with Crippen molar-refractivity contribution >= 4 is 33.3 Å². The molecule has 0 unspecified atom stereocenters.